The summed E-state index contributed by atoms with van der Waals surface area (Å²) in [6.45, 7) is 0. The third kappa shape index (κ3) is 2.52. The van der Waals surface area contributed by atoms with Gasteiger partial charge in [-0.05, 0) is 28.8 Å². The molecule has 0 fully saturated rings. The molecule has 3 N–H and O–H groups in total. The molecule has 1 unspecified atom stereocenters. The number of rotatable bonds is 4. The Morgan fingerprint density at radius 3 is 2.63 bits per heavy atom. The fourth-order valence-corrected chi connectivity index (χ4v) is 2.35. The number of nitrogens with two attached hydrogens (primary N) is 1. The van der Waals surface area contributed by atoms with E-state index in [1.807, 2.05) is 6.07 Å². The third-order valence-corrected chi connectivity index (χ3v) is 3.40. The zero-order valence-electron chi connectivity index (χ0n) is 10.5. The summed E-state index contributed by atoms with van der Waals surface area (Å²) in [5, 5.41) is 2.51. The minimum absolute atomic E-state index is 0.0694. The van der Waals surface area contributed by atoms with E-state index in [9.17, 15) is 0 Å². The maximum absolute atomic E-state index is 5.63. The first-order valence-corrected chi connectivity index (χ1v) is 6.33. The molecule has 1 heterocycles. The van der Waals surface area contributed by atoms with Crippen molar-refractivity contribution < 1.29 is 4.42 Å². The molecule has 0 radical (unpaired) electrons. The van der Waals surface area contributed by atoms with Gasteiger partial charge in [0, 0.05) is 5.56 Å². The lowest BCUT2D eigenvalue weighted by molar-refractivity contribution is 0.525. The lowest BCUT2D eigenvalue weighted by Gasteiger charge is -2.14. The standard InChI is InChI=1S/C16H16N2O/c17-18-16(15-7-8-19-11-15)10-12-5-6-13-3-1-2-4-14(13)9-12/h1-9,11,16,18H,10,17H2. The van der Waals surface area contributed by atoms with Gasteiger partial charge in [0.2, 0.25) is 0 Å². The summed E-state index contributed by atoms with van der Waals surface area (Å²) in [6, 6.07) is 16.9. The van der Waals surface area contributed by atoms with E-state index < -0.39 is 0 Å². The molecule has 0 bridgehead atoms. The predicted molar refractivity (Wildman–Crippen MR) is 76.4 cm³/mol. The van der Waals surface area contributed by atoms with Crippen molar-refractivity contribution in [2.24, 2.45) is 5.84 Å². The molecule has 96 valence electrons. The van der Waals surface area contributed by atoms with E-state index in [4.69, 9.17) is 10.3 Å². The minimum Gasteiger partial charge on any atom is -0.472 e. The van der Waals surface area contributed by atoms with Gasteiger partial charge in [-0.15, -0.1) is 0 Å². The summed E-state index contributed by atoms with van der Waals surface area (Å²) in [5.41, 5.74) is 5.16. The molecular formula is C16H16N2O. The highest BCUT2D eigenvalue weighted by atomic mass is 16.3. The van der Waals surface area contributed by atoms with Gasteiger partial charge in [0.1, 0.15) is 0 Å². The molecule has 0 aliphatic rings. The van der Waals surface area contributed by atoms with Gasteiger partial charge in [0.05, 0.1) is 18.6 Å². The Bertz CT molecular complexity index is 661. The van der Waals surface area contributed by atoms with E-state index >= 15 is 0 Å². The van der Waals surface area contributed by atoms with Crippen molar-refractivity contribution in [2.75, 3.05) is 0 Å². The fourth-order valence-electron chi connectivity index (χ4n) is 2.35. The molecule has 0 amide bonds. The van der Waals surface area contributed by atoms with Gasteiger partial charge in [-0.3, -0.25) is 11.3 Å². The van der Waals surface area contributed by atoms with Crippen molar-refractivity contribution in [3.05, 3.63) is 72.2 Å². The van der Waals surface area contributed by atoms with Gasteiger partial charge >= 0.3 is 0 Å². The van der Waals surface area contributed by atoms with Crippen LogP contribution in [0.4, 0.5) is 0 Å². The van der Waals surface area contributed by atoms with E-state index in [0.717, 1.165) is 12.0 Å². The van der Waals surface area contributed by atoms with Gasteiger partial charge in [-0.2, -0.15) is 0 Å². The molecule has 0 aliphatic heterocycles. The summed E-state index contributed by atoms with van der Waals surface area (Å²) in [5.74, 6) is 5.63. The van der Waals surface area contributed by atoms with Gasteiger partial charge in [-0.1, -0.05) is 42.5 Å². The fraction of sp³-hybridized carbons (Fsp3) is 0.125. The Kier molecular flexibility index (Phi) is 3.31. The summed E-state index contributed by atoms with van der Waals surface area (Å²) in [6.07, 6.45) is 4.23. The number of furan rings is 1. The van der Waals surface area contributed by atoms with Crippen molar-refractivity contribution in [3.63, 3.8) is 0 Å². The third-order valence-electron chi connectivity index (χ3n) is 3.40. The van der Waals surface area contributed by atoms with Crippen molar-refractivity contribution in [2.45, 2.75) is 12.5 Å². The lowest BCUT2D eigenvalue weighted by Crippen LogP contribution is -2.29. The van der Waals surface area contributed by atoms with E-state index in [1.54, 1.807) is 12.5 Å². The molecule has 0 saturated carbocycles. The topological polar surface area (TPSA) is 51.2 Å². The molecule has 2 aromatic carbocycles. The average molecular weight is 252 g/mol. The number of hydrazine groups is 1. The van der Waals surface area contributed by atoms with Crippen LogP contribution < -0.4 is 11.3 Å². The van der Waals surface area contributed by atoms with E-state index in [0.29, 0.717) is 0 Å². The van der Waals surface area contributed by atoms with Crippen LogP contribution in [0, 0.1) is 0 Å². The highest BCUT2D eigenvalue weighted by Gasteiger charge is 2.11. The Hall–Kier alpha value is -2.10. The van der Waals surface area contributed by atoms with E-state index in [-0.39, 0.29) is 6.04 Å². The summed E-state index contributed by atoms with van der Waals surface area (Å²) >= 11 is 0. The molecule has 3 nitrogen and oxygen atoms in total. The number of benzene rings is 2. The Labute approximate surface area is 112 Å². The smallest absolute Gasteiger partial charge is 0.0950 e. The molecule has 19 heavy (non-hydrogen) atoms. The summed E-state index contributed by atoms with van der Waals surface area (Å²) < 4.78 is 5.11. The predicted octanol–water partition coefficient (Wildman–Crippen LogP) is 3.18. The zero-order chi connectivity index (χ0) is 13.1. The highest BCUT2D eigenvalue weighted by Crippen LogP contribution is 2.21. The first-order valence-electron chi connectivity index (χ1n) is 6.33. The van der Waals surface area contributed by atoms with Gasteiger partial charge in [0.25, 0.3) is 0 Å². The van der Waals surface area contributed by atoms with Crippen LogP contribution in [0.5, 0.6) is 0 Å². The molecule has 3 rings (SSSR count). The normalized spacial score (nSPS) is 12.7. The maximum Gasteiger partial charge on any atom is 0.0950 e. The minimum atomic E-state index is 0.0694. The van der Waals surface area contributed by atoms with Crippen LogP contribution in [0.2, 0.25) is 0 Å². The zero-order valence-corrected chi connectivity index (χ0v) is 10.5. The summed E-state index contributed by atoms with van der Waals surface area (Å²) in [4.78, 5) is 0. The Balaban J connectivity index is 1.88. The number of hydrogen-bond acceptors (Lipinski definition) is 3. The Morgan fingerprint density at radius 1 is 1.05 bits per heavy atom. The van der Waals surface area contributed by atoms with Crippen LogP contribution in [0.15, 0.2) is 65.5 Å². The van der Waals surface area contributed by atoms with Crippen molar-refractivity contribution >= 4 is 10.8 Å². The van der Waals surface area contributed by atoms with E-state index in [1.165, 1.54) is 16.3 Å². The van der Waals surface area contributed by atoms with Crippen LogP contribution in [0.3, 0.4) is 0 Å². The maximum atomic E-state index is 5.63. The van der Waals surface area contributed by atoms with Crippen molar-refractivity contribution in [1.29, 1.82) is 0 Å². The Morgan fingerprint density at radius 2 is 1.89 bits per heavy atom. The molecular weight excluding hydrogens is 236 g/mol. The van der Waals surface area contributed by atoms with Gasteiger partial charge in [-0.25, -0.2) is 0 Å². The molecule has 0 aliphatic carbocycles. The molecule has 1 aromatic heterocycles. The second-order valence-electron chi connectivity index (χ2n) is 4.66. The van der Waals surface area contributed by atoms with Gasteiger partial charge < -0.3 is 4.42 Å². The van der Waals surface area contributed by atoms with Gasteiger partial charge in [0.15, 0.2) is 0 Å². The molecule has 3 heteroatoms. The number of nitrogens with one attached hydrogen (secondary N) is 1. The first-order chi connectivity index (χ1) is 9.36. The van der Waals surface area contributed by atoms with Crippen molar-refractivity contribution in [1.82, 2.24) is 5.43 Å². The summed E-state index contributed by atoms with van der Waals surface area (Å²) in [7, 11) is 0. The first kappa shape index (κ1) is 12.0. The second-order valence-corrected chi connectivity index (χ2v) is 4.66. The van der Waals surface area contributed by atoms with Crippen LogP contribution in [-0.2, 0) is 6.42 Å². The molecule has 0 spiro atoms. The largest absolute Gasteiger partial charge is 0.472 e. The van der Waals surface area contributed by atoms with Crippen molar-refractivity contribution in [3.8, 4) is 0 Å². The van der Waals surface area contributed by atoms with Crippen LogP contribution in [-0.4, -0.2) is 0 Å². The molecule has 1 atom stereocenters. The number of hydrogen-bond donors (Lipinski definition) is 2. The SMILES string of the molecule is NNC(Cc1ccc2ccccc2c1)c1ccoc1. The van der Waals surface area contributed by atoms with Crippen LogP contribution >= 0.6 is 0 Å². The molecule has 0 saturated heterocycles. The van der Waals surface area contributed by atoms with Crippen LogP contribution in [0.25, 0.3) is 10.8 Å². The molecule has 3 aromatic rings. The van der Waals surface area contributed by atoms with E-state index in [2.05, 4.69) is 47.9 Å². The quantitative estimate of drug-likeness (QED) is 0.554. The second kappa shape index (κ2) is 5.26. The highest BCUT2D eigenvalue weighted by molar-refractivity contribution is 5.83. The lowest BCUT2D eigenvalue weighted by atomic mass is 9.99. The van der Waals surface area contributed by atoms with Crippen LogP contribution in [0.1, 0.15) is 17.2 Å². The average Bonchev–Trinajstić information content (AvgIpc) is 2.98. The monoisotopic (exact) mass is 252 g/mol. The number of fused-ring (bicyclic) bond motifs is 1.